The normalized spacial score (nSPS) is 16.4. The number of nitrogens with zero attached hydrogens (tertiary/aromatic N) is 2. The van der Waals surface area contributed by atoms with Crippen molar-refractivity contribution < 1.29 is 9.66 Å². The van der Waals surface area contributed by atoms with E-state index in [1.807, 2.05) is 6.07 Å². The lowest BCUT2D eigenvalue weighted by molar-refractivity contribution is -0.384. The molecule has 0 aliphatic carbocycles. The number of nitro groups is 1. The zero-order valence-corrected chi connectivity index (χ0v) is 12.0. The van der Waals surface area contributed by atoms with Gasteiger partial charge in [-0.3, -0.25) is 15.0 Å². The highest BCUT2D eigenvalue weighted by Gasteiger charge is 2.20. The number of benzene rings is 1. The van der Waals surface area contributed by atoms with E-state index < -0.39 is 0 Å². The van der Waals surface area contributed by atoms with Crippen LogP contribution in [0.15, 0.2) is 18.2 Å². The molecule has 1 fully saturated rings. The zero-order valence-electron chi connectivity index (χ0n) is 12.0. The second-order valence-electron chi connectivity index (χ2n) is 5.12. The average Bonchev–Trinajstić information content (AvgIpc) is 2.48. The monoisotopic (exact) mass is 279 g/mol. The van der Waals surface area contributed by atoms with E-state index in [2.05, 4.69) is 17.3 Å². The minimum Gasteiger partial charge on any atom is -0.383 e. The van der Waals surface area contributed by atoms with Crippen molar-refractivity contribution in [2.24, 2.45) is 0 Å². The summed E-state index contributed by atoms with van der Waals surface area (Å²) in [6.07, 6.45) is 2.04. The molecule has 0 spiro atoms. The second-order valence-corrected chi connectivity index (χ2v) is 5.12. The molecule has 20 heavy (non-hydrogen) atoms. The van der Waals surface area contributed by atoms with E-state index in [0.717, 1.165) is 38.2 Å². The van der Waals surface area contributed by atoms with Crippen molar-refractivity contribution in [2.75, 3.05) is 32.6 Å². The van der Waals surface area contributed by atoms with E-state index >= 15 is 0 Å². The van der Waals surface area contributed by atoms with Crippen LogP contribution in [0.3, 0.4) is 0 Å². The van der Waals surface area contributed by atoms with Crippen LogP contribution in [0.1, 0.15) is 18.4 Å². The maximum atomic E-state index is 11.1. The summed E-state index contributed by atoms with van der Waals surface area (Å²) in [4.78, 5) is 13.0. The summed E-state index contributed by atoms with van der Waals surface area (Å²) in [5, 5.41) is 13.9. The third-order valence-corrected chi connectivity index (χ3v) is 3.77. The van der Waals surface area contributed by atoms with Crippen LogP contribution < -0.4 is 5.32 Å². The van der Waals surface area contributed by atoms with E-state index in [0.29, 0.717) is 11.7 Å². The molecule has 0 bridgehead atoms. The summed E-state index contributed by atoms with van der Waals surface area (Å²) in [7, 11) is 3.75. The van der Waals surface area contributed by atoms with Gasteiger partial charge in [0, 0.05) is 38.9 Å². The third-order valence-electron chi connectivity index (χ3n) is 3.77. The van der Waals surface area contributed by atoms with Crippen LogP contribution in [0, 0.1) is 10.1 Å². The second kappa shape index (κ2) is 6.67. The van der Waals surface area contributed by atoms with Crippen LogP contribution in [0.4, 0.5) is 11.4 Å². The van der Waals surface area contributed by atoms with Gasteiger partial charge < -0.3 is 10.1 Å². The first-order chi connectivity index (χ1) is 9.61. The van der Waals surface area contributed by atoms with E-state index in [4.69, 9.17) is 4.74 Å². The fourth-order valence-electron chi connectivity index (χ4n) is 2.58. The number of rotatable bonds is 5. The number of hydrogen-bond acceptors (Lipinski definition) is 5. The highest BCUT2D eigenvalue weighted by Crippen LogP contribution is 2.26. The molecule has 2 rings (SSSR count). The molecule has 0 unspecified atom stereocenters. The van der Waals surface area contributed by atoms with Crippen LogP contribution in [-0.2, 0) is 11.3 Å². The molecule has 1 aliphatic heterocycles. The lowest BCUT2D eigenvalue weighted by atomic mass is 10.1. The van der Waals surface area contributed by atoms with Crippen LogP contribution in [0.25, 0.3) is 0 Å². The van der Waals surface area contributed by atoms with Crippen LogP contribution in [0.2, 0.25) is 0 Å². The summed E-state index contributed by atoms with van der Waals surface area (Å²) in [5.74, 6) is 0. The van der Waals surface area contributed by atoms with Gasteiger partial charge in [0.25, 0.3) is 5.69 Å². The van der Waals surface area contributed by atoms with Crippen molar-refractivity contribution >= 4 is 11.4 Å². The summed E-state index contributed by atoms with van der Waals surface area (Å²) in [6.45, 7) is 2.32. The zero-order chi connectivity index (χ0) is 14.5. The van der Waals surface area contributed by atoms with E-state index in [-0.39, 0.29) is 10.6 Å². The first-order valence-corrected chi connectivity index (χ1v) is 6.85. The molecule has 1 N–H and O–H groups in total. The lowest BCUT2D eigenvalue weighted by Gasteiger charge is -2.31. The first-order valence-electron chi connectivity index (χ1n) is 6.85. The molecule has 1 saturated heterocycles. The number of nitro benzene ring substituents is 1. The van der Waals surface area contributed by atoms with Crippen LogP contribution >= 0.6 is 0 Å². The van der Waals surface area contributed by atoms with Gasteiger partial charge in [-0.1, -0.05) is 6.07 Å². The van der Waals surface area contributed by atoms with Crippen molar-refractivity contribution in [3.05, 3.63) is 33.9 Å². The van der Waals surface area contributed by atoms with E-state index in [1.165, 1.54) is 0 Å². The molecule has 110 valence electrons. The van der Waals surface area contributed by atoms with Gasteiger partial charge in [-0.25, -0.2) is 0 Å². The molecule has 1 aromatic carbocycles. The van der Waals surface area contributed by atoms with Gasteiger partial charge >= 0.3 is 0 Å². The summed E-state index contributed by atoms with van der Waals surface area (Å²) < 4.78 is 5.36. The van der Waals surface area contributed by atoms with E-state index in [9.17, 15) is 10.1 Å². The van der Waals surface area contributed by atoms with Crippen molar-refractivity contribution in [2.45, 2.75) is 25.4 Å². The van der Waals surface area contributed by atoms with Crippen molar-refractivity contribution in [1.82, 2.24) is 4.90 Å². The molecule has 1 aliphatic rings. The van der Waals surface area contributed by atoms with Gasteiger partial charge in [-0.05, 0) is 31.5 Å². The minimum atomic E-state index is -0.343. The molecule has 0 aromatic heterocycles. The summed E-state index contributed by atoms with van der Waals surface area (Å²) in [5.41, 5.74) is 1.64. The highest BCUT2D eigenvalue weighted by atomic mass is 16.6. The van der Waals surface area contributed by atoms with Gasteiger partial charge in [0.05, 0.1) is 4.92 Å². The molecule has 6 heteroatoms. The van der Waals surface area contributed by atoms with Gasteiger partial charge in [0.1, 0.15) is 5.69 Å². The van der Waals surface area contributed by atoms with Crippen LogP contribution in [0.5, 0.6) is 0 Å². The number of nitrogens with one attached hydrogen (secondary N) is 1. The maximum Gasteiger partial charge on any atom is 0.292 e. The Hall–Kier alpha value is -1.66. The average molecular weight is 279 g/mol. The largest absolute Gasteiger partial charge is 0.383 e. The van der Waals surface area contributed by atoms with Gasteiger partial charge in [-0.15, -0.1) is 0 Å². The smallest absolute Gasteiger partial charge is 0.292 e. The Morgan fingerprint density at radius 3 is 2.75 bits per heavy atom. The maximum absolute atomic E-state index is 11.1. The Balaban J connectivity index is 2.08. The molecule has 0 atom stereocenters. The van der Waals surface area contributed by atoms with E-state index in [1.54, 1.807) is 19.2 Å². The van der Waals surface area contributed by atoms with Crippen molar-refractivity contribution in [3.8, 4) is 0 Å². The predicted octanol–water partition coefficient (Wildman–Crippen LogP) is 2.25. The molecule has 0 saturated carbocycles. The molecule has 0 amide bonds. The fourth-order valence-corrected chi connectivity index (χ4v) is 2.58. The lowest BCUT2D eigenvalue weighted by Crippen LogP contribution is -2.36. The Morgan fingerprint density at radius 1 is 1.45 bits per heavy atom. The molecular weight excluding hydrogens is 258 g/mol. The number of anilines is 1. The fraction of sp³-hybridized carbons (Fsp3) is 0.571. The minimum absolute atomic E-state index is 0.130. The quantitative estimate of drug-likeness (QED) is 0.661. The molecular formula is C14H21N3O3. The number of hydrogen-bond donors (Lipinski definition) is 1. The standard InChI is InChI=1S/C14H21N3O3/c1-15-13-4-3-11(9-14(13)17(18)19)10-16(2)12-5-7-20-8-6-12/h3-4,9,12,15H,5-8,10H2,1-2H3. The molecule has 1 heterocycles. The van der Waals surface area contributed by atoms with Crippen LogP contribution in [-0.4, -0.2) is 43.2 Å². The van der Waals surface area contributed by atoms with Gasteiger partial charge in [0.2, 0.25) is 0 Å². The van der Waals surface area contributed by atoms with Gasteiger partial charge in [-0.2, -0.15) is 0 Å². The summed E-state index contributed by atoms with van der Waals surface area (Å²) >= 11 is 0. The summed E-state index contributed by atoms with van der Waals surface area (Å²) in [6, 6.07) is 5.86. The predicted molar refractivity (Wildman–Crippen MR) is 78.0 cm³/mol. The highest BCUT2D eigenvalue weighted by molar-refractivity contribution is 5.62. The molecule has 6 nitrogen and oxygen atoms in total. The molecule has 0 radical (unpaired) electrons. The molecule has 1 aromatic rings. The number of ether oxygens (including phenoxy) is 1. The Labute approximate surface area is 118 Å². The third kappa shape index (κ3) is 3.46. The Kier molecular flexibility index (Phi) is 4.92. The topological polar surface area (TPSA) is 67.6 Å². The van der Waals surface area contributed by atoms with Crippen molar-refractivity contribution in [1.29, 1.82) is 0 Å². The van der Waals surface area contributed by atoms with Crippen molar-refractivity contribution in [3.63, 3.8) is 0 Å². The van der Waals surface area contributed by atoms with Gasteiger partial charge in [0.15, 0.2) is 0 Å². The first kappa shape index (κ1) is 14.7. The SMILES string of the molecule is CNc1ccc(CN(C)C2CCOCC2)cc1[N+](=O)[O-]. The Bertz CT molecular complexity index is 473. The Morgan fingerprint density at radius 2 is 2.15 bits per heavy atom.